The second-order valence-electron chi connectivity index (χ2n) is 7.56. The van der Waals surface area contributed by atoms with Crippen molar-refractivity contribution in [2.24, 2.45) is 5.92 Å². The summed E-state index contributed by atoms with van der Waals surface area (Å²) in [7, 11) is 0. The van der Waals surface area contributed by atoms with Crippen molar-refractivity contribution in [1.82, 2.24) is 15.1 Å². The number of aromatic amines is 1. The molecule has 0 radical (unpaired) electrons. The lowest BCUT2D eigenvalue weighted by molar-refractivity contribution is 0.0684. The van der Waals surface area contributed by atoms with E-state index in [0.717, 1.165) is 37.9 Å². The number of nitrogens with zero attached hydrogens (tertiary/aromatic N) is 2. The molecule has 1 saturated heterocycles. The Labute approximate surface area is 164 Å². The second-order valence-corrected chi connectivity index (χ2v) is 7.56. The predicted octanol–water partition coefficient (Wildman–Crippen LogP) is 4.62. The zero-order valence-corrected chi connectivity index (χ0v) is 16.0. The molecule has 0 bridgehead atoms. The van der Waals surface area contributed by atoms with Crippen molar-refractivity contribution in [2.75, 3.05) is 13.1 Å². The van der Waals surface area contributed by atoms with Crippen LogP contribution >= 0.6 is 0 Å². The molecule has 5 heteroatoms. The molecule has 1 aromatic heterocycles. The Hall–Kier alpha value is -2.95. The molecule has 0 spiro atoms. The Morgan fingerprint density at radius 2 is 1.89 bits per heavy atom. The summed E-state index contributed by atoms with van der Waals surface area (Å²) in [6.45, 7) is 3.25. The maximum atomic E-state index is 13.5. The molecule has 3 aromatic rings. The van der Waals surface area contributed by atoms with Gasteiger partial charge in [-0.05, 0) is 67.5 Å². The van der Waals surface area contributed by atoms with E-state index in [1.165, 1.54) is 11.6 Å². The third kappa shape index (κ3) is 3.98. The van der Waals surface area contributed by atoms with Crippen molar-refractivity contribution in [3.63, 3.8) is 0 Å². The first-order valence-electron chi connectivity index (χ1n) is 9.75. The monoisotopic (exact) mass is 377 g/mol. The van der Waals surface area contributed by atoms with Gasteiger partial charge in [0, 0.05) is 18.7 Å². The van der Waals surface area contributed by atoms with E-state index in [9.17, 15) is 9.18 Å². The average molecular weight is 377 g/mol. The first-order valence-corrected chi connectivity index (χ1v) is 9.75. The number of carbonyl (C=O) groups is 1. The lowest BCUT2D eigenvalue weighted by Gasteiger charge is -2.31. The van der Waals surface area contributed by atoms with E-state index in [2.05, 4.69) is 34.5 Å². The quantitative estimate of drug-likeness (QED) is 0.721. The molecule has 0 atom stereocenters. The van der Waals surface area contributed by atoms with Gasteiger partial charge >= 0.3 is 0 Å². The van der Waals surface area contributed by atoms with Crippen molar-refractivity contribution >= 4 is 5.91 Å². The molecule has 4 nitrogen and oxygen atoms in total. The Kier molecular flexibility index (Phi) is 5.24. The molecule has 1 aliphatic heterocycles. The molecule has 2 heterocycles. The van der Waals surface area contributed by atoms with Gasteiger partial charge in [0.1, 0.15) is 11.5 Å². The number of aromatic nitrogens is 2. The van der Waals surface area contributed by atoms with Crippen LogP contribution in [-0.2, 0) is 6.42 Å². The van der Waals surface area contributed by atoms with E-state index < -0.39 is 0 Å². The van der Waals surface area contributed by atoms with Gasteiger partial charge in [0.2, 0.25) is 0 Å². The topological polar surface area (TPSA) is 49.0 Å². The maximum Gasteiger partial charge on any atom is 0.271 e. The number of amides is 1. The van der Waals surface area contributed by atoms with Crippen molar-refractivity contribution in [1.29, 1.82) is 0 Å². The zero-order valence-electron chi connectivity index (χ0n) is 16.0. The number of aryl methyl sites for hydroxylation is 1. The molecule has 1 N–H and O–H groups in total. The Morgan fingerprint density at radius 1 is 1.14 bits per heavy atom. The van der Waals surface area contributed by atoms with Gasteiger partial charge in [-0.25, -0.2) is 4.39 Å². The fourth-order valence-corrected chi connectivity index (χ4v) is 3.84. The number of hydrogen-bond acceptors (Lipinski definition) is 2. The number of nitrogens with one attached hydrogen (secondary N) is 1. The van der Waals surface area contributed by atoms with Crippen LogP contribution in [-0.4, -0.2) is 34.1 Å². The van der Waals surface area contributed by atoms with Crippen LogP contribution in [0.15, 0.2) is 54.6 Å². The number of benzene rings is 2. The molecular formula is C23H24FN3O. The highest BCUT2D eigenvalue weighted by Gasteiger charge is 2.25. The minimum atomic E-state index is -0.242. The molecule has 28 heavy (non-hydrogen) atoms. The fraction of sp³-hybridized carbons (Fsp3) is 0.304. The minimum absolute atomic E-state index is 0.0178. The molecule has 4 rings (SSSR count). The average Bonchev–Trinajstić information content (AvgIpc) is 3.21. The molecule has 1 amide bonds. The highest BCUT2D eigenvalue weighted by Crippen LogP contribution is 2.24. The van der Waals surface area contributed by atoms with Crippen LogP contribution in [0, 0.1) is 18.7 Å². The summed E-state index contributed by atoms with van der Waals surface area (Å²) in [4.78, 5) is 14.7. The summed E-state index contributed by atoms with van der Waals surface area (Å²) in [6.07, 6.45) is 3.10. The molecule has 1 aliphatic rings. The summed E-state index contributed by atoms with van der Waals surface area (Å²) >= 11 is 0. The number of H-pyrrole nitrogens is 1. The number of rotatable bonds is 4. The van der Waals surface area contributed by atoms with E-state index in [0.29, 0.717) is 22.9 Å². The van der Waals surface area contributed by atoms with Crippen molar-refractivity contribution in [2.45, 2.75) is 26.2 Å². The molecule has 2 aromatic carbocycles. The first kappa shape index (κ1) is 18.4. The second kappa shape index (κ2) is 7.97. The van der Waals surface area contributed by atoms with Gasteiger partial charge in [0.25, 0.3) is 5.91 Å². The Balaban J connectivity index is 1.38. The van der Waals surface area contributed by atoms with Crippen molar-refractivity contribution < 1.29 is 9.18 Å². The summed E-state index contributed by atoms with van der Waals surface area (Å²) in [5.74, 6) is 0.357. The molecule has 144 valence electrons. The number of piperidine rings is 1. The van der Waals surface area contributed by atoms with Gasteiger partial charge in [0.05, 0.1) is 5.69 Å². The van der Waals surface area contributed by atoms with Crippen molar-refractivity contribution in [3.8, 4) is 11.3 Å². The normalized spacial score (nSPS) is 15.0. The summed E-state index contributed by atoms with van der Waals surface area (Å²) in [6, 6.07) is 17.1. The van der Waals surface area contributed by atoms with E-state index in [-0.39, 0.29) is 11.7 Å². The molecule has 1 fully saturated rings. The summed E-state index contributed by atoms with van der Waals surface area (Å²) < 4.78 is 13.5. The Morgan fingerprint density at radius 3 is 2.61 bits per heavy atom. The van der Waals surface area contributed by atoms with Crippen LogP contribution in [0.2, 0.25) is 0 Å². The highest BCUT2D eigenvalue weighted by molar-refractivity contribution is 5.93. The predicted molar refractivity (Wildman–Crippen MR) is 107 cm³/mol. The number of carbonyl (C=O) groups excluding carboxylic acids is 1. The van der Waals surface area contributed by atoms with Crippen LogP contribution in [0.5, 0.6) is 0 Å². The number of likely N-dealkylation sites (tertiary alicyclic amines) is 1. The van der Waals surface area contributed by atoms with E-state index in [4.69, 9.17) is 0 Å². The van der Waals surface area contributed by atoms with Gasteiger partial charge in [-0.1, -0.05) is 30.3 Å². The zero-order chi connectivity index (χ0) is 19.5. The lowest BCUT2D eigenvalue weighted by atomic mass is 9.90. The summed E-state index contributed by atoms with van der Waals surface area (Å²) in [5, 5.41) is 7.10. The van der Waals surface area contributed by atoms with Gasteiger partial charge in [-0.2, -0.15) is 5.10 Å². The van der Waals surface area contributed by atoms with Gasteiger partial charge < -0.3 is 4.90 Å². The largest absolute Gasteiger partial charge is 0.337 e. The third-order valence-electron chi connectivity index (χ3n) is 5.53. The highest BCUT2D eigenvalue weighted by atomic mass is 19.1. The lowest BCUT2D eigenvalue weighted by Crippen LogP contribution is -2.39. The SMILES string of the molecule is Cc1cc(-c2cc(C(=O)N3CCC(Cc4ccccc4)CC3)[nH]n2)ccc1F. The van der Waals surface area contributed by atoms with Crippen LogP contribution in [0.25, 0.3) is 11.3 Å². The Bertz CT molecular complexity index is 959. The summed E-state index contributed by atoms with van der Waals surface area (Å²) in [5.41, 5.74) is 3.87. The third-order valence-corrected chi connectivity index (χ3v) is 5.53. The van der Waals surface area contributed by atoms with Gasteiger partial charge in [-0.15, -0.1) is 0 Å². The maximum absolute atomic E-state index is 13.5. The molecule has 0 aliphatic carbocycles. The number of halogens is 1. The van der Waals surface area contributed by atoms with Gasteiger partial charge in [0.15, 0.2) is 0 Å². The van der Waals surface area contributed by atoms with E-state index in [1.54, 1.807) is 25.1 Å². The van der Waals surface area contributed by atoms with Crippen LogP contribution in [0.4, 0.5) is 4.39 Å². The fourth-order valence-electron chi connectivity index (χ4n) is 3.84. The molecule has 0 unspecified atom stereocenters. The van der Waals surface area contributed by atoms with Crippen LogP contribution in [0.3, 0.4) is 0 Å². The minimum Gasteiger partial charge on any atom is -0.337 e. The van der Waals surface area contributed by atoms with E-state index >= 15 is 0 Å². The first-order chi connectivity index (χ1) is 13.6. The smallest absolute Gasteiger partial charge is 0.271 e. The van der Waals surface area contributed by atoms with Gasteiger partial charge in [-0.3, -0.25) is 9.89 Å². The molecular weight excluding hydrogens is 353 g/mol. The number of hydrogen-bond donors (Lipinski definition) is 1. The van der Waals surface area contributed by atoms with Crippen molar-refractivity contribution in [3.05, 3.63) is 77.2 Å². The van der Waals surface area contributed by atoms with Crippen LogP contribution in [0.1, 0.15) is 34.5 Å². The molecule has 0 saturated carbocycles. The van der Waals surface area contributed by atoms with E-state index in [1.807, 2.05) is 11.0 Å². The standard InChI is InChI=1S/C23H24FN3O/c1-16-13-19(7-8-20(16)24)21-15-22(26-25-21)23(28)27-11-9-18(10-12-27)14-17-5-3-2-4-6-17/h2-8,13,15,18H,9-12,14H2,1H3,(H,25,26). The van der Waals surface area contributed by atoms with Crippen LogP contribution < -0.4 is 0 Å².